The van der Waals surface area contributed by atoms with Gasteiger partial charge in [-0.2, -0.15) is 0 Å². The van der Waals surface area contributed by atoms with Gasteiger partial charge in [-0.3, -0.25) is 9.36 Å². The van der Waals surface area contributed by atoms with Crippen LogP contribution in [0.15, 0.2) is 78.0 Å². The Morgan fingerprint density at radius 3 is 2.55 bits per heavy atom. The van der Waals surface area contributed by atoms with Crippen molar-refractivity contribution >= 4 is 35.0 Å². The van der Waals surface area contributed by atoms with Gasteiger partial charge in [-0.1, -0.05) is 41.6 Å². The Kier molecular flexibility index (Phi) is 7.16. The Morgan fingerprint density at radius 1 is 1.00 bits per heavy atom. The molecule has 168 valence electrons. The third-order valence-corrected chi connectivity index (χ3v) is 5.93. The Labute approximate surface area is 200 Å². The molecule has 0 bridgehead atoms. The molecule has 0 atom stereocenters. The second-order valence-corrected chi connectivity index (χ2v) is 8.27. The average molecular weight is 481 g/mol. The molecule has 9 heteroatoms. The highest BCUT2D eigenvalue weighted by atomic mass is 35.5. The number of rotatable bonds is 8. The number of hydrogen-bond acceptors (Lipinski definition) is 6. The highest BCUT2D eigenvalue weighted by Gasteiger charge is 2.20. The first-order valence-corrected chi connectivity index (χ1v) is 11.4. The van der Waals surface area contributed by atoms with Crippen molar-refractivity contribution in [3.63, 3.8) is 0 Å². The van der Waals surface area contributed by atoms with Crippen molar-refractivity contribution in [1.82, 2.24) is 14.8 Å². The van der Waals surface area contributed by atoms with Crippen LogP contribution in [0.2, 0.25) is 5.02 Å². The maximum atomic E-state index is 12.6. The van der Waals surface area contributed by atoms with Gasteiger partial charge in [0.2, 0.25) is 5.91 Å². The fourth-order valence-electron chi connectivity index (χ4n) is 3.22. The first-order chi connectivity index (χ1) is 16.1. The summed E-state index contributed by atoms with van der Waals surface area (Å²) in [6.07, 6.45) is 0. The summed E-state index contributed by atoms with van der Waals surface area (Å²) in [6, 6.07) is 22.1. The minimum atomic E-state index is -0.169. The number of para-hydroxylation sites is 1. The number of benzene rings is 3. The van der Waals surface area contributed by atoms with Crippen LogP contribution in [0, 0.1) is 0 Å². The van der Waals surface area contributed by atoms with Gasteiger partial charge in [0.25, 0.3) is 0 Å². The van der Waals surface area contributed by atoms with Gasteiger partial charge in [0.05, 0.1) is 25.5 Å². The number of amides is 1. The first kappa shape index (κ1) is 22.7. The minimum Gasteiger partial charge on any atom is -0.497 e. The minimum absolute atomic E-state index is 0.148. The second kappa shape index (κ2) is 10.4. The van der Waals surface area contributed by atoms with Crippen LogP contribution < -0.4 is 14.8 Å². The molecule has 0 saturated heterocycles. The Bertz CT molecular complexity index is 1260. The Morgan fingerprint density at radius 2 is 1.79 bits per heavy atom. The Balaban J connectivity index is 1.62. The fraction of sp³-hybridized carbons (Fsp3) is 0.125. The van der Waals surface area contributed by atoms with Crippen LogP contribution in [0.1, 0.15) is 0 Å². The maximum absolute atomic E-state index is 12.6. The summed E-state index contributed by atoms with van der Waals surface area (Å²) in [4.78, 5) is 12.6. The Hall–Kier alpha value is -3.49. The number of hydrogen-bond donors (Lipinski definition) is 1. The number of aromatic nitrogens is 3. The molecule has 1 amide bonds. The van der Waals surface area contributed by atoms with E-state index in [1.54, 1.807) is 38.5 Å². The quantitative estimate of drug-likeness (QED) is 0.343. The number of ether oxygens (including phenoxy) is 2. The van der Waals surface area contributed by atoms with E-state index in [1.165, 1.54) is 11.8 Å². The van der Waals surface area contributed by atoms with Crippen LogP contribution in [0.25, 0.3) is 17.1 Å². The SMILES string of the molecule is COc1cccc(NC(=O)CSc2nnc(-c3ccccc3OC)n2-c2ccc(Cl)cc2)c1. The number of carbonyl (C=O) groups is 1. The molecule has 0 unspecified atom stereocenters. The van der Waals surface area contributed by atoms with E-state index in [2.05, 4.69) is 15.5 Å². The van der Waals surface area contributed by atoms with Crippen molar-refractivity contribution in [3.05, 3.63) is 77.8 Å². The zero-order chi connectivity index (χ0) is 23.2. The van der Waals surface area contributed by atoms with Crippen molar-refractivity contribution in [2.45, 2.75) is 5.16 Å². The number of nitrogens with one attached hydrogen (secondary N) is 1. The van der Waals surface area contributed by atoms with E-state index in [9.17, 15) is 4.79 Å². The third-order valence-electron chi connectivity index (χ3n) is 4.75. The van der Waals surface area contributed by atoms with Crippen LogP contribution in [-0.2, 0) is 4.79 Å². The summed E-state index contributed by atoms with van der Waals surface area (Å²) in [6.45, 7) is 0. The largest absolute Gasteiger partial charge is 0.497 e. The normalized spacial score (nSPS) is 10.6. The van der Waals surface area contributed by atoms with Gasteiger partial charge in [0.1, 0.15) is 11.5 Å². The molecule has 0 saturated carbocycles. The summed E-state index contributed by atoms with van der Waals surface area (Å²) in [7, 11) is 3.19. The number of methoxy groups -OCH3 is 2. The van der Waals surface area contributed by atoms with Crippen molar-refractivity contribution in [2.75, 3.05) is 25.3 Å². The maximum Gasteiger partial charge on any atom is 0.234 e. The molecule has 1 N–H and O–H groups in total. The van der Waals surface area contributed by atoms with E-state index in [-0.39, 0.29) is 11.7 Å². The zero-order valence-corrected chi connectivity index (χ0v) is 19.6. The van der Waals surface area contributed by atoms with Gasteiger partial charge in [-0.05, 0) is 48.5 Å². The smallest absolute Gasteiger partial charge is 0.234 e. The summed E-state index contributed by atoms with van der Waals surface area (Å²) >= 11 is 7.38. The van der Waals surface area contributed by atoms with E-state index in [0.717, 1.165) is 11.3 Å². The van der Waals surface area contributed by atoms with Crippen LogP contribution >= 0.6 is 23.4 Å². The molecular weight excluding hydrogens is 460 g/mol. The number of thioether (sulfide) groups is 1. The van der Waals surface area contributed by atoms with Crippen LogP contribution in [0.3, 0.4) is 0 Å². The summed E-state index contributed by atoms with van der Waals surface area (Å²) < 4.78 is 12.6. The fourth-order valence-corrected chi connectivity index (χ4v) is 4.10. The molecule has 33 heavy (non-hydrogen) atoms. The van der Waals surface area contributed by atoms with E-state index >= 15 is 0 Å². The van der Waals surface area contributed by atoms with Gasteiger partial charge in [-0.15, -0.1) is 10.2 Å². The number of nitrogens with zero attached hydrogens (tertiary/aromatic N) is 3. The zero-order valence-electron chi connectivity index (χ0n) is 18.0. The van der Waals surface area contributed by atoms with Crippen molar-refractivity contribution in [3.8, 4) is 28.6 Å². The molecule has 0 spiro atoms. The van der Waals surface area contributed by atoms with Crippen molar-refractivity contribution in [1.29, 1.82) is 0 Å². The van der Waals surface area contributed by atoms with Gasteiger partial charge < -0.3 is 14.8 Å². The lowest BCUT2D eigenvalue weighted by Crippen LogP contribution is -2.14. The summed E-state index contributed by atoms with van der Waals surface area (Å²) in [5, 5.41) is 12.8. The molecule has 7 nitrogen and oxygen atoms in total. The topological polar surface area (TPSA) is 78.3 Å². The summed E-state index contributed by atoms with van der Waals surface area (Å²) in [5.41, 5.74) is 2.27. The highest BCUT2D eigenvalue weighted by Crippen LogP contribution is 2.33. The van der Waals surface area contributed by atoms with Crippen LogP contribution in [0.5, 0.6) is 11.5 Å². The molecule has 0 aliphatic heterocycles. The van der Waals surface area contributed by atoms with Crippen molar-refractivity contribution < 1.29 is 14.3 Å². The number of anilines is 1. The lowest BCUT2D eigenvalue weighted by Gasteiger charge is -2.12. The predicted molar refractivity (Wildman–Crippen MR) is 131 cm³/mol. The molecule has 1 heterocycles. The summed E-state index contributed by atoms with van der Waals surface area (Å²) in [5.74, 6) is 1.93. The number of halogens is 1. The molecule has 0 aliphatic rings. The molecular formula is C24H21ClN4O3S. The van der Waals surface area contributed by atoms with Gasteiger partial charge in [0, 0.05) is 22.5 Å². The molecule has 4 aromatic rings. The number of carbonyl (C=O) groups excluding carboxylic acids is 1. The van der Waals surface area contributed by atoms with Crippen LogP contribution in [0.4, 0.5) is 5.69 Å². The van der Waals surface area contributed by atoms with E-state index in [1.807, 2.05) is 53.1 Å². The molecule has 1 aromatic heterocycles. The van der Waals surface area contributed by atoms with E-state index in [4.69, 9.17) is 21.1 Å². The average Bonchev–Trinajstić information content (AvgIpc) is 3.27. The first-order valence-electron chi connectivity index (χ1n) is 10.0. The lowest BCUT2D eigenvalue weighted by molar-refractivity contribution is -0.113. The molecule has 0 radical (unpaired) electrons. The monoisotopic (exact) mass is 480 g/mol. The highest BCUT2D eigenvalue weighted by molar-refractivity contribution is 7.99. The third kappa shape index (κ3) is 5.30. The molecule has 4 rings (SSSR count). The van der Waals surface area contributed by atoms with Gasteiger partial charge in [-0.25, -0.2) is 0 Å². The standard InChI is InChI=1S/C24H21ClN4O3S/c1-31-19-7-5-6-17(14-19)26-22(30)15-33-24-28-27-23(20-8-3-4-9-21(20)32-2)29(24)18-12-10-16(25)11-13-18/h3-14H,15H2,1-2H3,(H,26,30). The lowest BCUT2D eigenvalue weighted by atomic mass is 10.2. The van der Waals surface area contributed by atoms with E-state index in [0.29, 0.717) is 33.2 Å². The van der Waals surface area contributed by atoms with Gasteiger partial charge >= 0.3 is 0 Å². The molecule has 0 fully saturated rings. The molecule has 3 aromatic carbocycles. The van der Waals surface area contributed by atoms with Gasteiger partial charge in [0.15, 0.2) is 11.0 Å². The predicted octanol–water partition coefficient (Wildman–Crippen LogP) is 5.34. The van der Waals surface area contributed by atoms with E-state index < -0.39 is 0 Å². The van der Waals surface area contributed by atoms with Crippen molar-refractivity contribution in [2.24, 2.45) is 0 Å². The van der Waals surface area contributed by atoms with Crippen LogP contribution in [-0.4, -0.2) is 40.6 Å². The molecule has 0 aliphatic carbocycles. The second-order valence-electron chi connectivity index (χ2n) is 6.89.